The fourth-order valence-corrected chi connectivity index (χ4v) is 2.74. The predicted molar refractivity (Wildman–Crippen MR) is 95.6 cm³/mol. The van der Waals surface area contributed by atoms with Crippen LogP contribution in [-0.4, -0.2) is 42.1 Å². The van der Waals surface area contributed by atoms with Crippen molar-refractivity contribution in [3.05, 3.63) is 59.5 Å². The molecule has 1 atom stereocenters. The van der Waals surface area contributed by atoms with Crippen molar-refractivity contribution in [1.29, 1.82) is 0 Å². The Hall–Kier alpha value is -2.47. The van der Waals surface area contributed by atoms with Gasteiger partial charge in [-0.25, -0.2) is 9.37 Å². The van der Waals surface area contributed by atoms with Gasteiger partial charge in [-0.05, 0) is 29.7 Å². The molecule has 0 N–H and O–H groups in total. The number of hydrogen-bond donors (Lipinski definition) is 0. The molecular weight excluding hydrogens is 335 g/mol. The van der Waals surface area contributed by atoms with Gasteiger partial charge >= 0.3 is 0 Å². The Balaban J connectivity index is 1.64. The number of ether oxygens (including phenoxy) is 2. The highest BCUT2D eigenvalue weighted by Crippen LogP contribution is 2.23. The summed E-state index contributed by atoms with van der Waals surface area (Å²) in [6.07, 6.45) is 1.29. The van der Waals surface area contributed by atoms with Crippen molar-refractivity contribution in [2.24, 2.45) is 5.92 Å². The van der Waals surface area contributed by atoms with Crippen LogP contribution in [-0.2, 0) is 4.74 Å². The van der Waals surface area contributed by atoms with Crippen LogP contribution in [0.1, 0.15) is 35.9 Å². The van der Waals surface area contributed by atoms with Crippen LogP contribution in [0.25, 0.3) is 0 Å². The summed E-state index contributed by atoms with van der Waals surface area (Å²) < 4.78 is 24.4. The Morgan fingerprint density at radius 2 is 2.08 bits per heavy atom. The number of nitrogens with zero attached hydrogens (tertiary/aromatic N) is 2. The summed E-state index contributed by atoms with van der Waals surface area (Å²) in [5.41, 5.74) is 1.38. The van der Waals surface area contributed by atoms with E-state index in [9.17, 15) is 9.18 Å². The number of benzene rings is 1. The molecule has 1 aromatic heterocycles. The first kappa shape index (κ1) is 18.3. The van der Waals surface area contributed by atoms with Crippen molar-refractivity contribution >= 4 is 5.91 Å². The molecule has 26 heavy (non-hydrogen) atoms. The maximum atomic E-state index is 13.1. The van der Waals surface area contributed by atoms with Gasteiger partial charge in [0.15, 0.2) is 0 Å². The lowest BCUT2D eigenvalue weighted by atomic mass is 10.1. The van der Waals surface area contributed by atoms with Crippen LogP contribution < -0.4 is 4.74 Å². The molecule has 0 unspecified atom stereocenters. The third-order valence-corrected chi connectivity index (χ3v) is 4.14. The SMILES string of the molecule is CC(C)COc1ccc(C(=O)N2CCO[C@@H](c3ccc(F)cc3)C2)cn1. The minimum Gasteiger partial charge on any atom is -0.477 e. The summed E-state index contributed by atoms with van der Waals surface area (Å²) in [6, 6.07) is 9.63. The molecule has 2 aromatic rings. The van der Waals surface area contributed by atoms with E-state index >= 15 is 0 Å². The molecule has 2 heterocycles. The third-order valence-electron chi connectivity index (χ3n) is 4.14. The normalized spacial score (nSPS) is 17.4. The maximum Gasteiger partial charge on any atom is 0.255 e. The Morgan fingerprint density at radius 1 is 1.31 bits per heavy atom. The standard InChI is InChI=1S/C20H23FN2O3/c1-14(2)13-26-19-8-5-16(11-22-19)20(24)23-9-10-25-18(12-23)15-3-6-17(21)7-4-15/h3-8,11,14,18H,9-10,12-13H2,1-2H3/t18-/m1/s1. The highest BCUT2D eigenvalue weighted by Gasteiger charge is 2.26. The van der Waals surface area contributed by atoms with E-state index in [0.29, 0.717) is 43.7 Å². The third kappa shape index (κ3) is 4.58. The van der Waals surface area contributed by atoms with Gasteiger partial charge in [0, 0.05) is 18.8 Å². The van der Waals surface area contributed by atoms with Gasteiger partial charge in [0.25, 0.3) is 5.91 Å². The zero-order valence-electron chi connectivity index (χ0n) is 15.0. The van der Waals surface area contributed by atoms with E-state index in [4.69, 9.17) is 9.47 Å². The van der Waals surface area contributed by atoms with Gasteiger partial charge < -0.3 is 14.4 Å². The summed E-state index contributed by atoms with van der Waals surface area (Å²) in [5.74, 6) is 0.544. The Labute approximate surface area is 152 Å². The molecule has 1 aliphatic rings. The van der Waals surface area contributed by atoms with Crippen LogP contribution in [0.4, 0.5) is 4.39 Å². The number of carbonyl (C=O) groups excluding carboxylic acids is 1. The van der Waals surface area contributed by atoms with Crippen molar-refractivity contribution < 1.29 is 18.7 Å². The lowest BCUT2D eigenvalue weighted by Crippen LogP contribution is -2.42. The van der Waals surface area contributed by atoms with Gasteiger partial charge in [-0.15, -0.1) is 0 Å². The van der Waals surface area contributed by atoms with Crippen molar-refractivity contribution in [3.63, 3.8) is 0 Å². The summed E-state index contributed by atoms with van der Waals surface area (Å²) in [4.78, 5) is 18.7. The second-order valence-corrected chi connectivity index (χ2v) is 6.75. The van der Waals surface area contributed by atoms with Crippen LogP contribution in [0.5, 0.6) is 5.88 Å². The number of carbonyl (C=O) groups is 1. The van der Waals surface area contributed by atoms with Crippen molar-refractivity contribution in [3.8, 4) is 5.88 Å². The zero-order valence-corrected chi connectivity index (χ0v) is 15.0. The fourth-order valence-electron chi connectivity index (χ4n) is 2.74. The molecule has 1 saturated heterocycles. The number of amides is 1. The van der Waals surface area contributed by atoms with Gasteiger partial charge in [-0.2, -0.15) is 0 Å². The van der Waals surface area contributed by atoms with Gasteiger partial charge in [0.05, 0.1) is 25.3 Å². The van der Waals surface area contributed by atoms with Gasteiger partial charge in [0.2, 0.25) is 5.88 Å². The molecule has 0 radical (unpaired) electrons. The van der Waals surface area contributed by atoms with E-state index < -0.39 is 0 Å². The summed E-state index contributed by atoms with van der Waals surface area (Å²) in [5, 5.41) is 0. The average molecular weight is 358 g/mol. The minimum atomic E-state index is -0.289. The van der Waals surface area contributed by atoms with Crippen LogP contribution in [0.3, 0.4) is 0 Å². The molecule has 1 amide bonds. The second kappa shape index (κ2) is 8.27. The zero-order chi connectivity index (χ0) is 18.5. The lowest BCUT2D eigenvalue weighted by Gasteiger charge is -2.33. The van der Waals surface area contributed by atoms with E-state index in [1.54, 1.807) is 35.4 Å². The molecule has 6 heteroatoms. The highest BCUT2D eigenvalue weighted by atomic mass is 19.1. The second-order valence-electron chi connectivity index (χ2n) is 6.75. The highest BCUT2D eigenvalue weighted by molar-refractivity contribution is 5.94. The molecular formula is C20H23FN2O3. The summed E-state index contributed by atoms with van der Waals surface area (Å²) in [7, 11) is 0. The molecule has 0 saturated carbocycles. The van der Waals surface area contributed by atoms with E-state index in [1.807, 2.05) is 0 Å². The fraction of sp³-hybridized carbons (Fsp3) is 0.400. The van der Waals surface area contributed by atoms with Crippen molar-refractivity contribution in [2.45, 2.75) is 20.0 Å². The largest absolute Gasteiger partial charge is 0.477 e. The first-order valence-electron chi connectivity index (χ1n) is 8.78. The number of morpholine rings is 1. The maximum absolute atomic E-state index is 13.1. The van der Waals surface area contributed by atoms with E-state index in [0.717, 1.165) is 5.56 Å². The molecule has 3 rings (SSSR count). The monoisotopic (exact) mass is 358 g/mol. The Kier molecular flexibility index (Phi) is 5.83. The van der Waals surface area contributed by atoms with Gasteiger partial charge in [-0.1, -0.05) is 26.0 Å². The summed E-state index contributed by atoms with van der Waals surface area (Å²) in [6.45, 7) is 6.10. The molecule has 5 nitrogen and oxygen atoms in total. The first-order valence-corrected chi connectivity index (χ1v) is 8.78. The molecule has 1 aromatic carbocycles. The molecule has 0 aliphatic carbocycles. The smallest absolute Gasteiger partial charge is 0.255 e. The minimum absolute atomic E-state index is 0.0941. The topological polar surface area (TPSA) is 51.7 Å². The van der Waals surface area contributed by atoms with E-state index in [2.05, 4.69) is 18.8 Å². The van der Waals surface area contributed by atoms with Gasteiger partial charge in [0.1, 0.15) is 11.9 Å². The predicted octanol–water partition coefficient (Wildman–Crippen LogP) is 3.47. The van der Waals surface area contributed by atoms with Gasteiger partial charge in [-0.3, -0.25) is 4.79 Å². The molecule has 0 bridgehead atoms. The van der Waals surface area contributed by atoms with E-state index in [1.165, 1.54) is 12.1 Å². The van der Waals surface area contributed by atoms with Crippen LogP contribution in [0, 0.1) is 11.7 Å². The molecule has 1 fully saturated rings. The van der Waals surface area contributed by atoms with Crippen molar-refractivity contribution in [1.82, 2.24) is 9.88 Å². The first-order chi connectivity index (χ1) is 12.5. The number of halogens is 1. The molecule has 0 spiro atoms. The molecule has 1 aliphatic heterocycles. The van der Waals surface area contributed by atoms with E-state index in [-0.39, 0.29) is 17.8 Å². The Morgan fingerprint density at radius 3 is 2.73 bits per heavy atom. The Bertz CT molecular complexity index is 732. The quantitative estimate of drug-likeness (QED) is 0.821. The number of aromatic nitrogens is 1. The van der Waals surface area contributed by atoms with Crippen LogP contribution >= 0.6 is 0 Å². The van der Waals surface area contributed by atoms with Crippen LogP contribution in [0.2, 0.25) is 0 Å². The number of rotatable bonds is 5. The molecule has 138 valence electrons. The number of pyridine rings is 1. The average Bonchev–Trinajstić information content (AvgIpc) is 2.67. The van der Waals surface area contributed by atoms with Crippen LogP contribution in [0.15, 0.2) is 42.6 Å². The summed E-state index contributed by atoms with van der Waals surface area (Å²) >= 11 is 0. The number of hydrogen-bond acceptors (Lipinski definition) is 4. The lowest BCUT2D eigenvalue weighted by molar-refractivity contribution is -0.0228. The van der Waals surface area contributed by atoms with Crippen molar-refractivity contribution in [2.75, 3.05) is 26.3 Å².